The van der Waals surface area contributed by atoms with Crippen molar-refractivity contribution in [1.29, 1.82) is 0 Å². The zero-order chi connectivity index (χ0) is 21.2. The smallest absolute Gasteiger partial charge is 0.250 e. The van der Waals surface area contributed by atoms with E-state index in [4.69, 9.17) is 4.98 Å². The monoisotopic (exact) mass is 416 g/mol. The van der Waals surface area contributed by atoms with Gasteiger partial charge in [0.1, 0.15) is 11.9 Å². The topological polar surface area (TPSA) is 69.3 Å². The Balaban J connectivity index is 1.32. The van der Waals surface area contributed by atoms with Crippen molar-refractivity contribution in [3.8, 4) is 0 Å². The number of H-pyrrole nitrogens is 1. The van der Waals surface area contributed by atoms with Gasteiger partial charge in [0.05, 0.1) is 11.0 Å². The van der Waals surface area contributed by atoms with Crippen molar-refractivity contribution >= 4 is 22.8 Å². The lowest BCUT2D eigenvalue weighted by molar-refractivity contribution is -0.148. The highest BCUT2D eigenvalue weighted by atomic mass is 16.2. The van der Waals surface area contributed by atoms with Crippen LogP contribution < -0.4 is 0 Å². The number of amides is 2. The van der Waals surface area contributed by atoms with Crippen molar-refractivity contribution in [1.82, 2.24) is 19.8 Å². The van der Waals surface area contributed by atoms with Gasteiger partial charge in [0.15, 0.2) is 0 Å². The molecule has 1 aromatic heterocycles. The lowest BCUT2D eigenvalue weighted by Crippen LogP contribution is -2.49. The summed E-state index contributed by atoms with van der Waals surface area (Å²) in [6.07, 6.45) is 4.15. The quantitative estimate of drug-likeness (QED) is 0.698. The molecular formula is C25H28N4O2. The summed E-state index contributed by atoms with van der Waals surface area (Å²) >= 11 is 0. The Hall–Kier alpha value is -3.15. The molecule has 6 nitrogen and oxygen atoms in total. The van der Waals surface area contributed by atoms with Crippen molar-refractivity contribution < 1.29 is 9.59 Å². The average molecular weight is 417 g/mol. The number of rotatable bonds is 4. The number of fused-ring (bicyclic) bond motifs is 1. The van der Waals surface area contributed by atoms with Crippen molar-refractivity contribution in [3.63, 3.8) is 0 Å². The number of carbonyl (C=O) groups excluding carboxylic acids is 2. The van der Waals surface area contributed by atoms with E-state index in [0.717, 1.165) is 48.1 Å². The number of aromatic amines is 1. The fourth-order valence-corrected chi connectivity index (χ4v) is 4.90. The molecule has 2 fully saturated rings. The summed E-state index contributed by atoms with van der Waals surface area (Å²) in [6, 6.07) is 17.3. The van der Waals surface area contributed by atoms with Gasteiger partial charge in [-0.3, -0.25) is 9.59 Å². The molecule has 1 atom stereocenters. The van der Waals surface area contributed by atoms with Crippen molar-refractivity contribution in [2.45, 2.75) is 44.1 Å². The van der Waals surface area contributed by atoms with Gasteiger partial charge in [-0.2, -0.15) is 0 Å². The predicted octanol–water partition coefficient (Wildman–Crippen LogP) is 4.02. The summed E-state index contributed by atoms with van der Waals surface area (Å²) in [7, 11) is 0. The molecule has 2 aromatic carbocycles. The van der Waals surface area contributed by atoms with Crippen LogP contribution in [0.2, 0.25) is 0 Å². The number of hydrogen-bond acceptors (Lipinski definition) is 3. The maximum Gasteiger partial charge on any atom is 0.250 e. The first-order chi connectivity index (χ1) is 15.2. The Labute approximate surface area is 182 Å². The fourth-order valence-electron chi connectivity index (χ4n) is 4.90. The first kappa shape index (κ1) is 19.8. The Morgan fingerprint density at radius 3 is 2.45 bits per heavy atom. The Kier molecular flexibility index (Phi) is 5.45. The molecule has 160 valence electrons. The summed E-state index contributed by atoms with van der Waals surface area (Å²) in [5, 5.41) is 0. The highest BCUT2D eigenvalue weighted by Gasteiger charge is 2.36. The Morgan fingerprint density at radius 1 is 0.968 bits per heavy atom. The van der Waals surface area contributed by atoms with E-state index in [1.165, 1.54) is 0 Å². The zero-order valence-corrected chi connectivity index (χ0v) is 17.7. The molecule has 2 saturated heterocycles. The Bertz CT molecular complexity index is 1040. The highest BCUT2D eigenvalue weighted by Crippen LogP contribution is 2.32. The molecule has 2 aliphatic heterocycles. The van der Waals surface area contributed by atoms with Crippen LogP contribution in [-0.2, 0) is 9.59 Å². The van der Waals surface area contributed by atoms with Crippen molar-refractivity contribution in [2.75, 3.05) is 19.6 Å². The van der Waals surface area contributed by atoms with Gasteiger partial charge in [0.2, 0.25) is 11.8 Å². The Morgan fingerprint density at radius 2 is 1.71 bits per heavy atom. The van der Waals surface area contributed by atoms with Crippen molar-refractivity contribution in [3.05, 3.63) is 66.0 Å². The molecule has 0 aliphatic carbocycles. The number of aromatic nitrogens is 2. The fraction of sp³-hybridized carbons (Fsp3) is 0.400. The molecule has 3 aromatic rings. The molecule has 0 saturated carbocycles. The van der Waals surface area contributed by atoms with E-state index in [1.807, 2.05) is 59.5 Å². The summed E-state index contributed by atoms with van der Waals surface area (Å²) < 4.78 is 0. The average Bonchev–Trinajstić information content (AvgIpc) is 3.26. The van der Waals surface area contributed by atoms with Crippen LogP contribution in [0.1, 0.15) is 55.5 Å². The molecule has 3 heterocycles. The van der Waals surface area contributed by atoms with Gasteiger partial charge in [-0.25, -0.2) is 4.98 Å². The second kappa shape index (κ2) is 8.53. The lowest BCUT2D eigenvalue weighted by Gasteiger charge is -2.39. The minimum absolute atomic E-state index is 0.0458. The van der Waals surface area contributed by atoms with Gasteiger partial charge in [0, 0.05) is 32.0 Å². The largest absolute Gasteiger partial charge is 0.342 e. The van der Waals surface area contributed by atoms with Crippen LogP contribution in [0.25, 0.3) is 11.0 Å². The second-order valence-electron chi connectivity index (χ2n) is 8.60. The van der Waals surface area contributed by atoms with E-state index >= 15 is 0 Å². The number of carbonyl (C=O) groups is 2. The molecular weight excluding hydrogens is 388 g/mol. The number of nitrogens with one attached hydrogen (secondary N) is 1. The first-order valence-corrected chi connectivity index (χ1v) is 11.3. The maximum absolute atomic E-state index is 13.6. The van der Waals surface area contributed by atoms with Crippen LogP contribution in [-0.4, -0.2) is 51.2 Å². The van der Waals surface area contributed by atoms with E-state index in [2.05, 4.69) is 4.98 Å². The molecule has 1 unspecified atom stereocenters. The van der Waals surface area contributed by atoms with Gasteiger partial charge < -0.3 is 14.8 Å². The first-order valence-electron chi connectivity index (χ1n) is 11.3. The minimum Gasteiger partial charge on any atom is -0.342 e. The van der Waals surface area contributed by atoms with Gasteiger partial charge in [-0.15, -0.1) is 0 Å². The van der Waals surface area contributed by atoms with E-state index in [-0.39, 0.29) is 11.8 Å². The number of para-hydroxylation sites is 2. The molecule has 2 amide bonds. The molecule has 31 heavy (non-hydrogen) atoms. The SMILES string of the molecule is O=C(C(c1ccccc1)N1CCCCC1=O)N1CCC(c2nc3ccccc3[nH]2)CC1. The molecule has 1 N–H and O–H groups in total. The van der Waals surface area contributed by atoms with Gasteiger partial charge in [0.25, 0.3) is 0 Å². The van der Waals surface area contributed by atoms with Gasteiger partial charge >= 0.3 is 0 Å². The van der Waals surface area contributed by atoms with Crippen LogP contribution in [0.4, 0.5) is 0 Å². The number of likely N-dealkylation sites (tertiary alicyclic amines) is 2. The second-order valence-corrected chi connectivity index (χ2v) is 8.60. The van der Waals surface area contributed by atoms with E-state index in [9.17, 15) is 9.59 Å². The highest BCUT2D eigenvalue weighted by molar-refractivity contribution is 5.89. The molecule has 0 spiro atoms. The number of piperidine rings is 2. The zero-order valence-electron chi connectivity index (χ0n) is 17.7. The normalized spacial score (nSPS) is 19.0. The minimum atomic E-state index is -0.517. The van der Waals surface area contributed by atoms with E-state index in [1.54, 1.807) is 4.90 Å². The standard InChI is InChI=1S/C25H28N4O2/c30-22-12-6-7-15-29(22)23(18-8-2-1-3-9-18)25(31)28-16-13-19(14-17-28)24-26-20-10-4-5-11-21(20)27-24/h1-5,8-11,19,23H,6-7,12-17H2,(H,26,27). The van der Waals surface area contributed by atoms with Crippen LogP contribution in [0.3, 0.4) is 0 Å². The number of nitrogens with zero attached hydrogens (tertiary/aromatic N) is 3. The summed E-state index contributed by atoms with van der Waals surface area (Å²) in [4.78, 5) is 38.2. The van der Waals surface area contributed by atoms with Crippen LogP contribution in [0, 0.1) is 0 Å². The summed E-state index contributed by atoms with van der Waals surface area (Å²) in [5.74, 6) is 1.47. The third-order valence-electron chi connectivity index (χ3n) is 6.62. The molecule has 6 heteroatoms. The van der Waals surface area contributed by atoms with E-state index in [0.29, 0.717) is 32.0 Å². The summed E-state index contributed by atoms with van der Waals surface area (Å²) in [5.41, 5.74) is 2.95. The van der Waals surface area contributed by atoms with Crippen LogP contribution in [0.15, 0.2) is 54.6 Å². The van der Waals surface area contributed by atoms with Gasteiger partial charge in [-0.1, -0.05) is 42.5 Å². The molecule has 0 radical (unpaired) electrons. The number of benzene rings is 2. The predicted molar refractivity (Wildman–Crippen MR) is 119 cm³/mol. The third-order valence-corrected chi connectivity index (χ3v) is 6.62. The van der Waals surface area contributed by atoms with E-state index < -0.39 is 6.04 Å². The maximum atomic E-state index is 13.6. The lowest BCUT2D eigenvalue weighted by atomic mass is 9.94. The molecule has 2 aliphatic rings. The molecule has 5 rings (SSSR count). The number of imidazole rings is 1. The molecule has 0 bridgehead atoms. The van der Waals surface area contributed by atoms with Crippen molar-refractivity contribution in [2.24, 2.45) is 0 Å². The number of hydrogen-bond donors (Lipinski definition) is 1. The van der Waals surface area contributed by atoms with Crippen LogP contribution in [0.5, 0.6) is 0 Å². The summed E-state index contributed by atoms with van der Waals surface area (Å²) in [6.45, 7) is 2.03. The van der Waals surface area contributed by atoms with Gasteiger partial charge in [-0.05, 0) is 43.4 Å². The third kappa shape index (κ3) is 3.94. The van der Waals surface area contributed by atoms with Crippen LogP contribution >= 0.6 is 0 Å².